The van der Waals surface area contributed by atoms with Gasteiger partial charge in [-0.15, -0.1) is 0 Å². The molecule has 166 valence electrons. The minimum atomic E-state index is -0.622. The Kier molecular flexibility index (Phi) is 5.85. The Hall–Kier alpha value is -2.71. The third kappa shape index (κ3) is 4.22. The number of benzene rings is 1. The van der Waals surface area contributed by atoms with Crippen LogP contribution >= 0.6 is 0 Å². The first-order valence-electron chi connectivity index (χ1n) is 10.8. The molecule has 0 aliphatic heterocycles. The molecule has 1 heterocycles. The second-order valence-corrected chi connectivity index (χ2v) is 9.05. The Balaban J connectivity index is 1.76. The molecule has 2 aromatic rings. The molecule has 4 rings (SSSR count). The van der Waals surface area contributed by atoms with Crippen molar-refractivity contribution >= 4 is 11.5 Å². The Labute approximate surface area is 182 Å². The predicted molar refractivity (Wildman–Crippen MR) is 120 cm³/mol. The molecular weight excluding hydrogens is 394 g/mol. The number of nitrogens with two attached hydrogens (primary N) is 2. The maximum absolute atomic E-state index is 9.59. The van der Waals surface area contributed by atoms with Crippen molar-refractivity contribution in [3.8, 4) is 17.0 Å². The zero-order chi connectivity index (χ0) is 22.2. The van der Waals surface area contributed by atoms with Gasteiger partial charge in [0.1, 0.15) is 24.5 Å². The van der Waals surface area contributed by atoms with Gasteiger partial charge in [0.05, 0.1) is 23.6 Å². The highest BCUT2D eigenvalue weighted by molar-refractivity contribution is 6.15. The zero-order valence-corrected chi connectivity index (χ0v) is 18.3. The third-order valence-electron chi connectivity index (χ3n) is 6.09. The van der Waals surface area contributed by atoms with Crippen molar-refractivity contribution < 1.29 is 14.7 Å². The van der Waals surface area contributed by atoms with Crippen LogP contribution in [0.1, 0.15) is 57.6 Å². The number of rotatable bonds is 5. The van der Waals surface area contributed by atoms with Gasteiger partial charge in [0.2, 0.25) is 0 Å². The summed E-state index contributed by atoms with van der Waals surface area (Å²) >= 11 is 0. The molecule has 1 atom stereocenters. The number of nitrogen functional groups attached to an aromatic ring is 1. The van der Waals surface area contributed by atoms with E-state index < -0.39 is 11.5 Å². The summed E-state index contributed by atoms with van der Waals surface area (Å²) < 4.78 is 6.29. The molecule has 1 aromatic carbocycles. The number of nitrogens with zero attached hydrogens (tertiary/aromatic N) is 3. The zero-order valence-electron chi connectivity index (χ0n) is 18.3. The van der Waals surface area contributed by atoms with Gasteiger partial charge in [0.15, 0.2) is 0 Å². The van der Waals surface area contributed by atoms with E-state index in [-0.39, 0.29) is 18.8 Å². The number of aromatic nitrogens is 2. The minimum Gasteiger partial charge on any atom is -0.490 e. The number of aliphatic hydroxyl groups is 1. The van der Waals surface area contributed by atoms with E-state index in [9.17, 15) is 5.11 Å². The summed E-state index contributed by atoms with van der Waals surface area (Å²) in [5, 5.41) is 14.0. The number of anilines is 1. The van der Waals surface area contributed by atoms with Crippen molar-refractivity contribution in [2.45, 2.75) is 70.1 Å². The van der Waals surface area contributed by atoms with E-state index in [1.54, 1.807) is 6.92 Å². The highest BCUT2D eigenvalue weighted by Crippen LogP contribution is 2.45. The second-order valence-electron chi connectivity index (χ2n) is 9.05. The van der Waals surface area contributed by atoms with Gasteiger partial charge in [-0.1, -0.05) is 5.16 Å². The first-order valence-corrected chi connectivity index (χ1v) is 10.8. The van der Waals surface area contributed by atoms with Crippen molar-refractivity contribution in [1.82, 2.24) is 9.97 Å². The van der Waals surface area contributed by atoms with E-state index in [1.807, 2.05) is 32.0 Å². The Morgan fingerprint density at radius 1 is 1.19 bits per heavy atom. The van der Waals surface area contributed by atoms with Gasteiger partial charge in [-0.2, -0.15) is 0 Å². The molecular formula is C23H31N5O3. The highest BCUT2D eigenvalue weighted by atomic mass is 16.6. The van der Waals surface area contributed by atoms with Crippen molar-refractivity contribution in [2.24, 2.45) is 10.9 Å². The smallest absolute Gasteiger partial charge is 0.142 e. The Morgan fingerprint density at radius 3 is 2.65 bits per heavy atom. The van der Waals surface area contributed by atoms with E-state index in [4.69, 9.17) is 21.0 Å². The quantitative estimate of drug-likeness (QED) is 0.628. The fourth-order valence-corrected chi connectivity index (χ4v) is 4.45. The molecule has 1 aromatic heterocycles. The van der Waals surface area contributed by atoms with Crippen LogP contribution < -0.4 is 16.2 Å². The Morgan fingerprint density at radius 2 is 1.94 bits per heavy atom. The van der Waals surface area contributed by atoms with E-state index in [0.717, 1.165) is 53.8 Å². The summed E-state index contributed by atoms with van der Waals surface area (Å²) in [6, 6.07) is 6.22. The average Bonchev–Trinajstić information content (AvgIpc) is 2.71. The molecule has 2 aliphatic carbocycles. The summed E-state index contributed by atoms with van der Waals surface area (Å²) in [7, 11) is 0. The lowest BCUT2D eigenvalue weighted by Gasteiger charge is -2.35. The first kappa shape index (κ1) is 21.5. The predicted octanol–water partition coefficient (Wildman–Crippen LogP) is 2.77. The SMILES string of the molecule is C[C@H](O)CO/N=C1\c2cc(O[C@H]3CC[C@H](N)CC3)ccc2-c2ncnc(N)c2C1(C)C. The highest BCUT2D eigenvalue weighted by Gasteiger charge is 2.41. The average molecular weight is 426 g/mol. The molecule has 0 bridgehead atoms. The number of hydrogen-bond donors (Lipinski definition) is 3. The minimum absolute atomic E-state index is 0.0983. The standard InChI is InChI=1S/C23H31N5O3/c1-13(29)11-30-28-21-18-10-16(31-15-6-4-14(24)5-7-15)8-9-17(18)20-19(23(21,2)3)22(25)27-12-26-20/h8-10,12-15,29H,4-7,11,24H2,1-3H3,(H2,25,26,27)/b28-21+/t13-,14-,15-/m0/s1. The fourth-order valence-electron chi connectivity index (χ4n) is 4.45. The van der Waals surface area contributed by atoms with Crippen LogP contribution in [0, 0.1) is 0 Å². The van der Waals surface area contributed by atoms with Crippen molar-refractivity contribution in [2.75, 3.05) is 12.3 Å². The van der Waals surface area contributed by atoms with Crippen LogP contribution in [0.2, 0.25) is 0 Å². The van der Waals surface area contributed by atoms with Crippen molar-refractivity contribution in [3.05, 3.63) is 35.7 Å². The Bertz CT molecular complexity index is 981. The van der Waals surface area contributed by atoms with Gasteiger partial charge in [0, 0.05) is 28.1 Å². The lowest BCUT2D eigenvalue weighted by atomic mass is 9.70. The molecule has 0 radical (unpaired) electrons. The van der Waals surface area contributed by atoms with Crippen LogP contribution in [0.5, 0.6) is 5.75 Å². The van der Waals surface area contributed by atoms with Crippen LogP contribution in [0.15, 0.2) is 29.7 Å². The first-order chi connectivity index (χ1) is 14.8. The molecule has 8 nitrogen and oxygen atoms in total. The monoisotopic (exact) mass is 425 g/mol. The molecule has 0 unspecified atom stereocenters. The van der Waals surface area contributed by atoms with Crippen molar-refractivity contribution in [3.63, 3.8) is 0 Å². The molecule has 1 saturated carbocycles. The van der Waals surface area contributed by atoms with Gasteiger partial charge in [0.25, 0.3) is 0 Å². The molecule has 5 N–H and O–H groups in total. The van der Waals surface area contributed by atoms with Crippen LogP contribution in [-0.2, 0) is 10.3 Å². The largest absolute Gasteiger partial charge is 0.490 e. The molecule has 1 fully saturated rings. The van der Waals surface area contributed by atoms with Crippen LogP contribution in [-0.4, -0.2) is 45.6 Å². The molecule has 31 heavy (non-hydrogen) atoms. The number of ether oxygens (including phenoxy) is 1. The molecule has 0 spiro atoms. The summed E-state index contributed by atoms with van der Waals surface area (Å²) in [5.41, 5.74) is 15.8. The molecule has 8 heteroatoms. The van der Waals surface area contributed by atoms with Gasteiger partial charge < -0.3 is 26.1 Å². The van der Waals surface area contributed by atoms with Gasteiger partial charge in [-0.3, -0.25) is 0 Å². The normalized spacial score (nSPS) is 24.2. The maximum atomic E-state index is 9.59. The second kappa shape index (κ2) is 8.43. The molecule has 0 amide bonds. The lowest BCUT2D eigenvalue weighted by molar-refractivity contribution is 0.0493. The van der Waals surface area contributed by atoms with Gasteiger partial charge in [-0.25, -0.2) is 9.97 Å². The summed E-state index contributed by atoms with van der Waals surface area (Å²) in [4.78, 5) is 14.2. The number of oxime groups is 1. The van der Waals surface area contributed by atoms with E-state index in [0.29, 0.717) is 11.5 Å². The summed E-state index contributed by atoms with van der Waals surface area (Å²) in [6.07, 6.45) is 4.88. The maximum Gasteiger partial charge on any atom is 0.142 e. The topological polar surface area (TPSA) is 129 Å². The van der Waals surface area contributed by atoms with E-state index in [2.05, 4.69) is 15.1 Å². The van der Waals surface area contributed by atoms with Crippen LogP contribution in [0.3, 0.4) is 0 Å². The van der Waals surface area contributed by atoms with E-state index >= 15 is 0 Å². The van der Waals surface area contributed by atoms with E-state index in [1.165, 1.54) is 6.33 Å². The van der Waals surface area contributed by atoms with Crippen LogP contribution in [0.4, 0.5) is 5.82 Å². The lowest BCUT2D eigenvalue weighted by Crippen LogP contribution is -2.36. The summed E-state index contributed by atoms with van der Waals surface area (Å²) in [5.74, 6) is 1.20. The van der Waals surface area contributed by atoms with Crippen LogP contribution in [0.25, 0.3) is 11.3 Å². The summed E-state index contributed by atoms with van der Waals surface area (Å²) in [6.45, 7) is 5.80. The molecule has 2 aliphatic rings. The fraction of sp³-hybridized carbons (Fsp3) is 0.522. The number of aliphatic hydroxyl groups excluding tert-OH is 1. The number of fused-ring (bicyclic) bond motifs is 3. The molecule has 0 saturated heterocycles. The van der Waals surface area contributed by atoms with Crippen molar-refractivity contribution in [1.29, 1.82) is 0 Å². The number of hydrogen-bond acceptors (Lipinski definition) is 8. The van der Waals surface area contributed by atoms with Gasteiger partial charge in [-0.05, 0) is 64.7 Å². The van der Waals surface area contributed by atoms with Gasteiger partial charge >= 0.3 is 0 Å². The third-order valence-corrected chi connectivity index (χ3v) is 6.09.